The number of nitrogens with two attached hydrogens (primary N) is 1. The van der Waals surface area contributed by atoms with Crippen molar-refractivity contribution in [3.05, 3.63) is 35.4 Å². The molecule has 1 aromatic carbocycles. The highest BCUT2D eigenvalue weighted by Gasteiger charge is 2.47. The van der Waals surface area contributed by atoms with E-state index in [0.717, 1.165) is 6.42 Å². The van der Waals surface area contributed by atoms with Crippen LogP contribution in [0.25, 0.3) is 0 Å². The number of rotatable bonds is 5. The highest BCUT2D eigenvalue weighted by atomic mass is 19.4. The first-order valence-corrected chi connectivity index (χ1v) is 7.76. The predicted molar refractivity (Wildman–Crippen MR) is 82.8 cm³/mol. The summed E-state index contributed by atoms with van der Waals surface area (Å²) in [4.78, 5) is 12.1. The fourth-order valence-electron chi connectivity index (χ4n) is 3.17. The lowest BCUT2D eigenvalue weighted by molar-refractivity contribution is -0.127. The van der Waals surface area contributed by atoms with E-state index in [9.17, 15) is 18.0 Å². The van der Waals surface area contributed by atoms with Crippen LogP contribution in [0.4, 0.5) is 13.2 Å². The lowest BCUT2D eigenvalue weighted by Crippen LogP contribution is -2.60. The van der Waals surface area contributed by atoms with Crippen LogP contribution in [0.2, 0.25) is 0 Å². The maximum atomic E-state index is 12.4. The second kappa shape index (κ2) is 6.51. The zero-order valence-corrected chi connectivity index (χ0v) is 13.4. The highest BCUT2D eigenvalue weighted by molar-refractivity contribution is 5.79. The molecule has 1 aliphatic rings. The molecule has 1 fully saturated rings. The molecular weight excluding hydrogens is 305 g/mol. The Morgan fingerprint density at radius 3 is 2.57 bits per heavy atom. The Morgan fingerprint density at radius 2 is 2.00 bits per heavy atom. The Hall–Kier alpha value is -1.56. The summed E-state index contributed by atoms with van der Waals surface area (Å²) in [6.07, 6.45) is -4.28. The molecule has 3 N–H and O–H groups in total. The molecule has 2 rings (SSSR count). The quantitative estimate of drug-likeness (QED) is 0.873. The number of alkyl halides is 3. The standard InChI is InChI=1S/C17H23F3N2O/c1-16(2)13(10-21)8-14(16)22-15(23)7-11-4-3-5-12(6-11)9-17(18,19)20/h3-6,13-14H,7-10,21H2,1-2H3,(H,22,23). The van der Waals surface area contributed by atoms with Crippen molar-refractivity contribution in [3.8, 4) is 0 Å². The second-order valence-corrected chi connectivity index (χ2v) is 6.90. The van der Waals surface area contributed by atoms with Gasteiger partial charge in [0, 0.05) is 6.04 Å². The molecule has 2 unspecified atom stereocenters. The fraction of sp³-hybridized carbons (Fsp3) is 0.588. The van der Waals surface area contributed by atoms with E-state index >= 15 is 0 Å². The molecule has 0 saturated heterocycles. The molecule has 0 spiro atoms. The molecule has 3 nitrogen and oxygen atoms in total. The normalized spacial score (nSPS) is 23.2. The van der Waals surface area contributed by atoms with Gasteiger partial charge in [-0.05, 0) is 35.4 Å². The molecule has 0 aliphatic heterocycles. The van der Waals surface area contributed by atoms with Crippen LogP contribution in [0.3, 0.4) is 0 Å². The van der Waals surface area contributed by atoms with Gasteiger partial charge in [-0.2, -0.15) is 13.2 Å². The number of halogens is 3. The van der Waals surface area contributed by atoms with E-state index < -0.39 is 12.6 Å². The van der Waals surface area contributed by atoms with Gasteiger partial charge >= 0.3 is 6.18 Å². The summed E-state index contributed by atoms with van der Waals surface area (Å²) in [5.41, 5.74) is 6.42. The van der Waals surface area contributed by atoms with Gasteiger partial charge in [-0.1, -0.05) is 38.1 Å². The van der Waals surface area contributed by atoms with Crippen LogP contribution in [0.15, 0.2) is 24.3 Å². The van der Waals surface area contributed by atoms with Crippen molar-refractivity contribution < 1.29 is 18.0 Å². The first-order chi connectivity index (χ1) is 10.6. The van der Waals surface area contributed by atoms with Crippen LogP contribution in [0, 0.1) is 11.3 Å². The van der Waals surface area contributed by atoms with E-state index in [1.54, 1.807) is 12.1 Å². The van der Waals surface area contributed by atoms with Gasteiger partial charge in [0.1, 0.15) is 0 Å². The monoisotopic (exact) mass is 328 g/mol. The Labute approximate surface area is 134 Å². The maximum Gasteiger partial charge on any atom is 0.393 e. The van der Waals surface area contributed by atoms with Gasteiger partial charge in [0.25, 0.3) is 0 Å². The number of hydrogen-bond acceptors (Lipinski definition) is 2. The van der Waals surface area contributed by atoms with Crippen molar-refractivity contribution >= 4 is 5.91 Å². The summed E-state index contributed by atoms with van der Waals surface area (Å²) in [6, 6.07) is 6.18. The van der Waals surface area contributed by atoms with E-state index in [0.29, 0.717) is 18.0 Å². The van der Waals surface area contributed by atoms with Crippen molar-refractivity contribution in [2.45, 2.75) is 45.3 Å². The van der Waals surface area contributed by atoms with E-state index in [1.165, 1.54) is 12.1 Å². The summed E-state index contributed by atoms with van der Waals surface area (Å²) in [5.74, 6) is 0.227. The van der Waals surface area contributed by atoms with E-state index in [1.807, 2.05) is 0 Å². The smallest absolute Gasteiger partial charge is 0.353 e. The number of nitrogens with one attached hydrogen (secondary N) is 1. The third-order valence-electron chi connectivity index (χ3n) is 4.85. The van der Waals surface area contributed by atoms with Gasteiger partial charge in [-0.25, -0.2) is 0 Å². The minimum Gasteiger partial charge on any atom is -0.353 e. The topological polar surface area (TPSA) is 55.1 Å². The highest BCUT2D eigenvalue weighted by Crippen LogP contribution is 2.45. The molecule has 0 radical (unpaired) electrons. The van der Waals surface area contributed by atoms with Gasteiger partial charge in [0.15, 0.2) is 0 Å². The molecule has 1 saturated carbocycles. The average Bonchev–Trinajstić information content (AvgIpc) is 2.41. The van der Waals surface area contributed by atoms with Crippen LogP contribution in [-0.4, -0.2) is 24.7 Å². The summed E-state index contributed by atoms with van der Waals surface area (Å²) >= 11 is 0. The van der Waals surface area contributed by atoms with Gasteiger partial charge in [-0.3, -0.25) is 4.79 Å². The van der Waals surface area contributed by atoms with Crippen molar-refractivity contribution in [1.82, 2.24) is 5.32 Å². The van der Waals surface area contributed by atoms with Gasteiger partial charge in [0.2, 0.25) is 5.91 Å². The van der Waals surface area contributed by atoms with Crippen LogP contribution in [-0.2, 0) is 17.6 Å². The minimum atomic E-state index is -4.24. The van der Waals surface area contributed by atoms with Crippen molar-refractivity contribution in [2.24, 2.45) is 17.1 Å². The zero-order chi connectivity index (χ0) is 17.3. The maximum absolute atomic E-state index is 12.4. The zero-order valence-electron chi connectivity index (χ0n) is 13.4. The lowest BCUT2D eigenvalue weighted by Gasteiger charge is -2.52. The van der Waals surface area contributed by atoms with E-state index in [-0.39, 0.29) is 29.3 Å². The predicted octanol–water partition coefficient (Wildman–Crippen LogP) is 2.82. The molecule has 1 amide bonds. The van der Waals surface area contributed by atoms with Gasteiger partial charge < -0.3 is 11.1 Å². The van der Waals surface area contributed by atoms with Crippen LogP contribution in [0.1, 0.15) is 31.4 Å². The van der Waals surface area contributed by atoms with Crippen LogP contribution >= 0.6 is 0 Å². The SMILES string of the molecule is CC1(C)C(CN)CC1NC(=O)Cc1cccc(CC(F)(F)F)c1. The molecule has 0 bridgehead atoms. The van der Waals surface area contributed by atoms with Gasteiger partial charge in [-0.15, -0.1) is 0 Å². The van der Waals surface area contributed by atoms with Crippen LogP contribution in [0.5, 0.6) is 0 Å². The molecule has 0 heterocycles. The van der Waals surface area contributed by atoms with Gasteiger partial charge in [0.05, 0.1) is 12.8 Å². The Morgan fingerprint density at radius 1 is 1.35 bits per heavy atom. The molecule has 1 aromatic rings. The molecule has 23 heavy (non-hydrogen) atoms. The Bertz CT molecular complexity index is 569. The number of carbonyl (C=O) groups excluding carboxylic acids is 1. The summed E-state index contributed by atoms with van der Waals surface area (Å²) in [6.45, 7) is 4.74. The van der Waals surface area contributed by atoms with Crippen molar-refractivity contribution in [3.63, 3.8) is 0 Å². The first kappa shape index (κ1) is 17.8. The molecule has 2 atom stereocenters. The second-order valence-electron chi connectivity index (χ2n) is 6.90. The summed E-state index contributed by atoms with van der Waals surface area (Å²) in [5, 5.41) is 2.97. The minimum absolute atomic E-state index is 0.0391. The molecule has 0 aromatic heterocycles. The number of carbonyl (C=O) groups is 1. The van der Waals surface area contributed by atoms with Crippen molar-refractivity contribution in [2.75, 3.05) is 6.54 Å². The first-order valence-electron chi connectivity index (χ1n) is 7.76. The largest absolute Gasteiger partial charge is 0.393 e. The summed E-state index contributed by atoms with van der Waals surface area (Å²) in [7, 11) is 0. The summed E-state index contributed by atoms with van der Waals surface area (Å²) < 4.78 is 37.3. The number of benzene rings is 1. The fourth-order valence-corrected chi connectivity index (χ4v) is 3.17. The number of amides is 1. The molecule has 128 valence electrons. The molecule has 6 heteroatoms. The molecule has 1 aliphatic carbocycles. The number of hydrogen-bond donors (Lipinski definition) is 2. The van der Waals surface area contributed by atoms with Crippen molar-refractivity contribution in [1.29, 1.82) is 0 Å². The Balaban J connectivity index is 1.92. The lowest BCUT2D eigenvalue weighted by atomic mass is 9.58. The van der Waals surface area contributed by atoms with E-state index in [4.69, 9.17) is 5.73 Å². The Kier molecular flexibility index (Phi) is 5.04. The third-order valence-corrected chi connectivity index (χ3v) is 4.85. The van der Waals surface area contributed by atoms with Crippen LogP contribution < -0.4 is 11.1 Å². The third kappa shape index (κ3) is 4.47. The molecular formula is C17H23F3N2O. The van der Waals surface area contributed by atoms with E-state index in [2.05, 4.69) is 19.2 Å². The average molecular weight is 328 g/mol.